The van der Waals surface area contributed by atoms with E-state index in [4.69, 9.17) is 16.3 Å². The molecule has 0 radical (unpaired) electrons. The minimum atomic E-state index is -0.222. The second-order valence-corrected chi connectivity index (χ2v) is 8.71. The van der Waals surface area contributed by atoms with Gasteiger partial charge in [-0.05, 0) is 44.0 Å². The van der Waals surface area contributed by atoms with Crippen molar-refractivity contribution in [1.82, 2.24) is 15.2 Å². The monoisotopic (exact) mass is 436 g/mol. The Morgan fingerprint density at radius 1 is 1.18 bits per heavy atom. The smallest absolute Gasteiger partial charge is 0.269 e. The second kappa shape index (κ2) is 9.45. The largest absolute Gasteiger partial charge is 0.486 e. The molecule has 3 rings (SSSR count). The Morgan fingerprint density at radius 3 is 2.57 bits per heavy atom. The van der Waals surface area contributed by atoms with Gasteiger partial charge in [-0.2, -0.15) is 0 Å². The minimum absolute atomic E-state index is 0.222. The summed E-state index contributed by atoms with van der Waals surface area (Å²) in [5.74, 6) is 0.857. The van der Waals surface area contributed by atoms with Gasteiger partial charge in [0.2, 0.25) is 5.13 Å². The third-order valence-corrected chi connectivity index (χ3v) is 6.60. The van der Waals surface area contributed by atoms with E-state index in [1.165, 1.54) is 22.7 Å². The molecule has 0 saturated carbocycles. The lowest BCUT2D eigenvalue weighted by molar-refractivity contribution is 0.102. The Morgan fingerprint density at radius 2 is 1.89 bits per heavy atom. The molecule has 0 aliphatic heterocycles. The Bertz CT molecular complexity index is 936. The fourth-order valence-corrected chi connectivity index (χ4v) is 4.65. The number of benzene rings is 1. The maximum absolute atomic E-state index is 12.6. The van der Waals surface area contributed by atoms with E-state index in [1.54, 1.807) is 24.3 Å². The van der Waals surface area contributed by atoms with Gasteiger partial charge in [0.05, 0.1) is 5.69 Å². The maximum Gasteiger partial charge on any atom is 0.269 e. The van der Waals surface area contributed by atoms with Crippen LogP contribution in [0.15, 0.2) is 24.3 Å². The van der Waals surface area contributed by atoms with Crippen molar-refractivity contribution in [3.63, 3.8) is 0 Å². The molecule has 2 aromatic heterocycles. The summed E-state index contributed by atoms with van der Waals surface area (Å²) in [7, 11) is 0. The number of halogens is 1. The lowest BCUT2D eigenvalue weighted by atomic mass is 10.1. The molecule has 0 unspecified atom stereocenters. The van der Waals surface area contributed by atoms with E-state index in [0.717, 1.165) is 22.9 Å². The zero-order chi connectivity index (χ0) is 20.1. The van der Waals surface area contributed by atoms with Crippen LogP contribution >= 0.6 is 34.3 Å². The van der Waals surface area contributed by atoms with Crippen molar-refractivity contribution < 1.29 is 9.53 Å². The number of carbonyl (C=O) groups excluding carboxylic acids is 1. The van der Waals surface area contributed by atoms with Crippen LogP contribution in [0.2, 0.25) is 5.02 Å². The number of nitrogens with one attached hydrogen (secondary N) is 1. The Balaban J connectivity index is 1.63. The van der Waals surface area contributed by atoms with E-state index in [0.29, 0.717) is 32.4 Å². The molecule has 1 N–H and O–H groups in total. The maximum atomic E-state index is 12.6. The van der Waals surface area contributed by atoms with Gasteiger partial charge in [0.25, 0.3) is 5.91 Å². The molecule has 0 fully saturated rings. The van der Waals surface area contributed by atoms with E-state index < -0.39 is 0 Å². The molecular formula is C19H21ClN4O2S2. The molecule has 148 valence electrons. The fraction of sp³-hybridized carbons (Fsp3) is 0.368. The van der Waals surface area contributed by atoms with Gasteiger partial charge in [-0.3, -0.25) is 10.1 Å². The molecule has 1 aromatic carbocycles. The van der Waals surface area contributed by atoms with Crippen molar-refractivity contribution in [2.75, 3.05) is 5.32 Å². The number of anilines is 1. The highest BCUT2D eigenvalue weighted by Gasteiger charge is 2.19. The fourth-order valence-electron chi connectivity index (χ4n) is 2.64. The summed E-state index contributed by atoms with van der Waals surface area (Å²) in [5, 5.41) is 14.0. The molecule has 6 nitrogen and oxygen atoms in total. The van der Waals surface area contributed by atoms with E-state index in [1.807, 2.05) is 6.92 Å². The van der Waals surface area contributed by atoms with Crippen LogP contribution < -0.4 is 10.1 Å². The van der Waals surface area contributed by atoms with Gasteiger partial charge in [0.1, 0.15) is 27.2 Å². The second-order valence-electron chi connectivity index (χ2n) is 6.18. The molecule has 0 atom stereocenters. The number of hydrogen-bond acceptors (Lipinski definition) is 7. The number of thiazole rings is 1. The van der Waals surface area contributed by atoms with E-state index in [9.17, 15) is 4.79 Å². The van der Waals surface area contributed by atoms with E-state index >= 15 is 0 Å². The van der Waals surface area contributed by atoms with E-state index in [-0.39, 0.29) is 12.5 Å². The molecule has 9 heteroatoms. The lowest BCUT2D eigenvalue weighted by Crippen LogP contribution is -2.11. The van der Waals surface area contributed by atoms with Crippen molar-refractivity contribution in [1.29, 1.82) is 0 Å². The van der Waals surface area contributed by atoms with Crippen LogP contribution in [0.4, 0.5) is 5.13 Å². The van der Waals surface area contributed by atoms with Crippen LogP contribution in [0.5, 0.6) is 5.75 Å². The quantitative estimate of drug-likeness (QED) is 0.490. The average Bonchev–Trinajstić information content (AvgIpc) is 3.29. The summed E-state index contributed by atoms with van der Waals surface area (Å²) in [5.41, 5.74) is 0.668. The number of aromatic nitrogens is 3. The van der Waals surface area contributed by atoms with Gasteiger partial charge in [0.15, 0.2) is 0 Å². The summed E-state index contributed by atoms with van der Waals surface area (Å²) in [4.78, 5) is 17.6. The Kier molecular flexibility index (Phi) is 6.98. The summed E-state index contributed by atoms with van der Waals surface area (Å²) < 4.78 is 5.71. The van der Waals surface area contributed by atoms with E-state index in [2.05, 4.69) is 34.3 Å². The minimum Gasteiger partial charge on any atom is -0.486 e. The standard InChI is InChI=1S/C19H21ClN4O2S2/c1-4-12(5-2)18-23-24-19(28-18)22-17(25)16-11(3)21-15(27-16)10-26-14-8-6-13(20)7-9-14/h6-9,12H,4-5,10H2,1-3H3,(H,22,24,25). The summed E-state index contributed by atoms with van der Waals surface area (Å²) >= 11 is 8.61. The number of amides is 1. The first-order valence-corrected chi connectivity index (χ1v) is 11.0. The van der Waals surface area contributed by atoms with Gasteiger partial charge in [-0.25, -0.2) is 4.98 Å². The first-order chi connectivity index (χ1) is 13.5. The van der Waals surface area contributed by atoms with Crippen molar-refractivity contribution in [2.24, 2.45) is 0 Å². The number of rotatable bonds is 8. The van der Waals surface area contributed by atoms with Crippen LogP contribution in [0.25, 0.3) is 0 Å². The molecule has 1 amide bonds. The third-order valence-electron chi connectivity index (χ3n) is 4.22. The molecule has 0 spiro atoms. The van der Waals surface area contributed by atoms with Gasteiger partial charge in [-0.15, -0.1) is 21.5 Å². The first kappa shape index (κ1) is 20.7. The van der Waals surface area contributed by atoms with Crippen LogP contribution in [0.3, 0.4) is 0 Å². The first-order valence-electron chi connectivity index (χ1n) is 8.99. The predicted molar refractivity (Wildman–Crippen MR) is 114 cm³/mol. The average molecular weight is 437 g/mol. The molecule has 2 heterocycles. The Labute approximate surface area is 177 Å². The van der Waals surface area contributed by atoms with Crippen molar-refractivity contribution in [3.05, 3.63) is 49.9 Å². The molecule has 0 saturated heterocycles. The third kappa shape index (κ3) is 5.06. The highest BCUT2D eigenvalue weighted by Crippen LogP contribution is 2.29. The molecular weight excluding hydrogens is 416 g/mol. The molecule has 0 aliphatic carbocycles. The van der Waals surface area contributed by atoms with Gasteiger partial charge < -0.3 is 4.74 Å². The lowest BCUT2D eigenvalue weighted by Gasteiger charge is -2.05. The highest BCUT2D eigenvalue weighted by molar-refractivity contribution is 7.16. The summed E-state index contributed by atoms with van der Waals surface area (Å²) in [6.45, 7) is 6.36. The normalized spacial score (nSPS) is 11.0. The predicted octanol–water partition coefficient (Wildman–Crippen LogP) is 5.69. The van der Waals surface area contributed by atoms with Crippen molar-refractivity contribution >= 4 is 45.3 Å². The number of aryl methyl sites for hydroxylation is 1. The van der Waals surface area contributed by atoms with Gasteiger partial charge >= 0.3 is 0 Å². The zero-order valence-electron chi connectivity index (χ0n) is 15.9. The molecule has 28 heavy (non-hydrogen) atoms. The highest BCUT2D eigenvalue weighted by atomic mass is 35.5. The van der Waals surface area contributed by atoms with Crippen LogP contribution in [0, 0.1) is 6.92 Å². The van der Waals surface area contributed by atoms with Crippen molar-refractivity contribution in [2.45, 2.75) is 46.1 Å². The Hall–Kier alpha value is -2.03. The molecule has 3 aromatic rings. The molecule has 0 aliphatic rings. The number of hydrogen-bond donors (Lipinski definition) is 1. The molecule has 0 bridgehead atoms. The summed E-state index contributed by atoms with van der Waals surface area (Å²) in [6, 6.07) is 7.12. The van der Waals surface area contributed by atoms with Gasteiger partial charge in [0, 0.05) is 10.9 Å². The topological polar surface area (TPSA) is 77.0 Å². The van der Waals surface area contributed by atoms with Gasteiger partial charge in [-0.1, -0.05) is 36.8 Å². The number of carbonyl (C=O) groups is 1. The van der Waals surface area contributed by atoms with Crippen molar-refractivity contribution in [3.8, 4) is 5.75 Å². The number of ether oxygens (including phenoxy) is 1. The summed E-state index contributed by atoms with van der Waals surface area (Å²) in [6.07, 6.45) is 2.01. The SMILES string of the molecule is CCC(CC)c1nnc(NC(=O)c2sc(COc3ccc(Cl)cc3)nc2C)s1. The van der Waals surface area contributed by atoms with Crippen LogP contribution in [-0.4, -0.2) is 21.1 Å². The number of nitrogens with zero attached hydrogens (tertiary/aromatic N) is 3. The zero-order valence-corrected chi connectivity index (χ0v) is 18.2. The van der Waals surface area contributed by atoms with Crippen LogP contribution in [-0.2, 0) is 6.61 Å². The van der Waals surface area contributed by atoms with Crippen LogP contribution in [0.1, 0.15) is 58.0 Å².